The number of hydrogen-bond acceptors (Lipinski definition) is 1. The summed E-state index contributed by atoms with van der Waals surface area (Å²) in [7, 11) is 0. The molecule has 2 nitrogen and oxygen atoms in total. The summed E-state index contributed by atoms with van der Waals surface area (Å²) in [4.78, 5) is 11.0. The summed E-state index contributed by atoms with van der Waals surface area (Å²) in [5.74, 6) is 0.682. The molecule has 0 aromatic heterocycles. The zero-order valence-electron chi connectivity index (χ0n) is 9.83. The van der Waals surface area contributed by atoms with Crippen LogP contribution in [0.4, 0.5) is 0 Å². The first-order chi connectivity index (χ1) is 7.03. The van der Waals surface area contributed by atoms with Crippen LogP contribution in [0.5, 0.6) is 0 Å². The van der Waals surface area contributed by atoms with E-state index in [0.717, 1.165) is 12.3 Å². The lowest BCUT2D eigenvalue weighted by Gasteiger charge is -2.08. The molecule has 0 spiro atoms. The van der Waals surface area contributed by atoms with Crippen molar-refractivity contribution < 1.29 is 9.90 Å². The average Bonchev–Trinajstić information content (AvgIpc) is 2.55. The molecule has 2 aliphatic carbocycles. The van der Waals surface area contributed by atoms with Crippen molar-refractivity contribution in [3.8, 4) is 0 Å². The first-order valence-corrected chi connectivity index (χ1v) is 6.26. The third-order valence-corrected chi connectivity index (χ3v) is 4.68. The second-order valence-electron chi connectivity index (χ2n) is 5.97. The van der Waals surface area contributed by atoms with Gasteiger partial charge in [-0.2, -0.15) is 0 Å². The molecule has 0 aromatic rings. The molecule has 2 aliphatic rings. The lowest BCUT2D eigenvalue weighted by Crippen LogP contribution is -2.03. The van der Waals surface area contributed by atoms with E-state index in [-0.39, 0.29) is 11.3 Å². The predicted octanol–water partition coefficient (Wildman–Crippen LogP) is 3.31. The molecule has 2 atom stereocenters. The van der Waals surface area contributed by atoms with E-state index in [4.69, 9.17) is 5.11 Å². The van der Waals surface area contributed by atoms with Gasteiger partial charge >= 0.3 is 5.97 Å². The van der Waals surface area contributed by atoms with Gasteiger partial charge in [0.1, 0.15) is 0 Å². The molecule has 0 heterocycles. The van der Waals surface area contributed by atoms with Gasteiger partial charge in [-0.1, -0.05) is 46.0 Å². The first kappa shape index (κ1) is 11.0. The van der Waals surface area contributed by atoms with E-state index in [1.807, 2.05) is 0 Å². The van der Waals surface area contributed by atoms with Gasteiger partial charge in [-0.15, -0.1) is 0 Å². The zero-order valence-corrected chi connectivity index (χ0v) is 9.83. The van der Waals surface area contributed by atoms with Crippen LogP contribution < -0.4 is 0 Å². The number of carboxylic acid groups (broad SMARTS) is 1. The van der Waals surface area contributed by atoms with Crippen molar-refractivity contribution in [2.24, 2.45) is 23.2 Å². The van der Waals surface area contributed by atoms with Gasteiger partial charge in [-0.05, 0) is 23.7 Å². The SMILES string of the molecule is CC1(C)[C@H](CCC2CCCC2)[C@H]1C(=O)O. The van der Waals surface area contributed by atoms with E-state index in [0.29, 0.717) is 5.92 Å². The van der Waals surface area contributed by atoms with Gasteiger partial charge in [-0.3, -0.25) is 4.79 Å². The Hall–Kier alpha value is -0.530. The van der Waals surface area contributed by atoms with Gasteiger partial charge in [0, 0.05) is 0 Å². The van der Waals surface area contributed by atoms with Crippen molar-refractivity contribution >= 4 is 5.97 Å². The molecule has 0 aliphatic heterocycles. The topological polar surface area (TPSA) is 37.3 Å². The van der Waals surface area contributed by atoms with Gasteiger partial charge in [0.15, 0.2) is 0 Å². The summed E-state index contributed by atoms with van der Waals surface area (Å²) in [6, 6.07) is 0. The molecule has 15 heavy (non-hydrogen) atoms. The smallest absolute Gasteiger partial charge is 0.307 e. The van der Waals surface area contributed by atoms with Crippen LogP contribution in [0.3, 0.4) is 0 Å². The number of hydrogen-bond donors (Lipinski definition) is 1. The number of rotatable bonds is 4. The molecular weight excluding hydrogens is 188 g/mol. The number of aliphatic carboxylic acids is 1. The van der Waals surface area contributed by atoms with E-state index in [1.165, 1.54) is 32.1 Å². The highest BCUT2D eigenvalue weighted by atomic mass is 16.4. The van der Waals surface area contributed by atoms with Crippen molar-refractivity contribution in [2.75, 3.05) is 0 Å². The molecule has 0 radical (unpaired) electrons. The average molecular weight is 210 g/mol. The maximum Gasteiger partial charge on any atom is 0.307 e. The molecule has 0 unspecified atom stereocenters. The molecule has 0 aromatic carbocycles. The molecule has 0 bridgehead atoms. The monoisotopic (exact) mass is 210 g/mol. The van der Waals surface area contributed by atoms with Crippen LogP contribution in [-0.4, -0.2) is 11.1 Å². The minimum absolute atomic E-state index is 0.0600. The zero-order chi connectivity index (χ0) is 11.1. The van der Waals surface area contributed by atoms with Crippen LogP contribution >= 0.6 is 0 Å². The molecule has 1 N–H and O–H groups in total. The maximum atomic E-state index is 11.0. The minimum Gasteiger partial charge on any atom is -0.481 e. The van der Waals surface area contributed by atoms with Crippen LogP contribution in [0.15, 0.2) is 0 Å². The molecule has 86 valence electrons. The van der Waals surface area contributed by atoms with Crippen LogP contribution in [0.25, 0.3) is 0 Å². The van der Waals surface area contributed by atoms with Crippen LogP contribution in [0, 0.1) is 23.2 Å². The summed E-state index contributed by atoms with van der Waals surface area (Å²) < 4.78 is 0. The van der Waals surface area contributed by atoms with E-state index >= 15 is 0 Å². The van der Waals surface area contributed by atoms with Gasteiger partial charge in [0.2, 0.25) is 0 Å². The summed E-state index contributed by atoms with van der Waals surface area (Å²) in [5, 5.41) is 9.05. The normalized spacial score (nSPS) is 34.3. The highest BCUT2D eigenvalue weighted by molar-refractivity contribution is 5.75. The summed E-state index contributed by atoms with van der Waals surface area (Å²) >= 11 is 0. The Bertz CT molecular complexity index is 251. The number of carbonyl (C=O) groups is 1. The molecule has 2 saturated carbocycles. The lowest BCUT2D eigenvalue weighted by atomic mass is 9.97. The molecule has 2 fully saturated rings. The maximum absolute atomic E-state index is 11.0. The standard InChI is InChI=1S/C13H22O2/c1-13(2)10(11(13)12(14)15)8-7-9-5-3-4-6-9/h9-11H,3-8H2,1-2H3,(H,14,15)/t10-,11+/m1/s1. The fraction of sp³-hybridized carbons (Fsp3) is 0.923. The van der Waals surface area contributed by atoms with Crippen molar-refractivity contribution in [1.29, 1.82) is 0 Å². The molecule has 0 amide bonds. The number of carboxylic acids is 1. The minimum atomic E-state index is -0.587. The summed E-state index contributed by atoms with van der Waals surface area (Å²) in [5.41, 5.74) is 0.0600. The molecular formula is C13H22O2. The van der Waals surface area contributed by atoms with Gasteiger partial charge < -0.3 is 5.11 Å². The summed E-state index contributed by atoms with van der Waals surface area (Å²) in [6.45, 7) is 4.20. The van der Waals surface area contributed by atoms with E-state index in [1.54, 1.807) is 0 Å². The molecule has 2 heteroatoms. The lowest BCUT2D eigenvalue weighted by molar-refractivity contribution is -0.139. The highest BCUT2D eigenvalue weighted by Crippen LogP contribution is 2.60. The predicted molar refractivity (Wildman–Crippen MR) is 59.6 cm³/mol. The largest absolute Gasteiger partial charge is 0.481 e. The highest BCUT2D eigenvalue weighted by Gasteiger charge is 2.61. The summed E-state index contributed by atoms with van der Waals surface area (Å²) in [6.07, 6.45) is 7.93. The van der Waals surface area contributed by atoms with E-state index < -0.39 is 5.97 Å². The third-order valence-electron chi connectivity index (χ3n) is 4.68. The van der Waals surface area contributed by atoms with Gasteiger partial charge in [0.05, 0.1) is 5.92 Å². The Morgan fingerprint density at radius 1 is 1.27 bits per heavy atom. The van der Waals surface area contributed by atoms with E-state index in [2.05, 4.69) is 13.8 Å². The second kappa shape index (κ2) is 3.80. The van der Waals surface area contributed by atoms with Crippen molar-refractivity contribution in [3.63, 3.8) is 0 Å². The second-order valence-corrected chi connectivity index (χ2v) is 5.97. The fourth-order valence-electron chi connectivity index (χ4n) is 3.49. The quantitative estimate of drug-likeness (QED) is 0.773. The van der Waals surface area contributed by atoms with E-state index in [9.17, 15) is 4.79 Å². The van der Waals surface area contributed by atoms with Crippen LogP contribution in [0.1, 0.15) is 52.4 Å². The van der Waals surface area contributed by atoms with Crippen LogP contribution in [0.2, 0.25) is 0 Å². The van der Waals surface area contributed by atoms with Crippen LogP contribution in [-0.2, 0) is 4.79 Å². The Labute approximate surface area is 92.1 Å². The Kier molecular flexibility index (Phi) is 2.78. The van der Waals surface area contributed by atoms with Crippen molar-refractivity contribution in [3.05, 3.63) is 0 Å². The van der Waals surface area contributed by atoms with Crippen molar-refractivity contribution in [2.45, 2.75) is 52.4 Å². The fourth-order valence-corrected chi connectivity index (χ4v) is 3.49. The Morgan fingerprint density at radius 3 is 2.33 bits per heavy atom. The molecule has 0 saturated heterocycles. The van der Waals surface area contributed by atoms with Crippen molar-refractivity contribution in [1.82, 2.24) is 0 Å². The van der Waals surface area contributed by atoms with Gasteiger partial charge in [-0.25, -0.2) is 0 Å². The third kappa shape index (κ3) is 2.04. The Balaban J connectivity index is 1.78. The molecule has 2 rings (SSSR count). The van der Waals surface area contributed by atoms with Gasteiger partial charge in [0.25, 0.3) is 0 Å². The first-order valence-electron chi connectivity index (χ1n) is 6.26. The Morgan fingerprint density at radius 2 is 1.87 bits per heavy atom.